The molecular weight excluding hydrogens is 212 g/mol. The number of aryl methyl sites for hydroxylation is 1. The Morgan fingerprint density at radius 2 is 2.18 bits per heavy atom. The monoisotopic (exact) mass is 230 g/mol. The normalized spacial score (nSPS) is 17.7. The van der Waals surface area contributed by atoms with Gasteiger partial charge in [-0.1, -0.05) is 6.07 Å². The van der Waals surface area contributed by atoms with Crippen molar-refractivity contribution in [2.24, 2.45) is 5.92 Å². The first-order valence-corrected chi connectivity index (χ1v) is 6.34. The van der Waals surface area contributed by atoms with Gasteiger partial charge in [-0.05, 0) is 50.4 Å². The molecule has 0 amide bonds. The van der Waals surface area contributed by atoms with Gasteiger partial charge in [-0.15, -0.1) is 10.2 Å². The SMILES string of the molecule is Cc1cccn2c(CC3CCNCC3)nnc12. The molecule has 1 N–H and O–H groups in total. The molecule has 1 fully saturated rings. The molecule has 0 spiro atoms. The van der Waals surface area contributed by atoms with Crippen molar-refractivity contribution in [1.82, 2.24) is 19.9 Å². The van der Waals surface area contributed by atoms with Crippen molar-refractivity contribution in [2.75, 3.05) is 13.1 Å². The molecule has 0 atom stereocenters. The molecular formula is C13H18N4. The molecule has 2 aromatic rings. The minimum absolute atomic E-state index is 0.754. The van der Waals surface area contributed by atoms with E-state index in [9.17, 15) is 0 Å². The highest BCUT2D eigenvalue weighted by Crippen LogP contribution is 2.18. The summed E-state index contributed by atoms with van der Waals surface area (Å²) in [6.45, 7) is 4.36. The Labute approximate surface area is 101 Å². The fourth-order valence-electron chi connectivity index (χ4n) is 2.58. The zero-order valence-electron chi connectivity index (χ0n) is 10.2. The summed E-state index contributed by atoms with van der Waals surface area (Å²) >= 11 is 0. The van der Waals surface area contributed by atoms with Crippen molar-refractivity contribution in [3.63, 3.8) is 0 Å². The molecule has 4 nitrogen and oxygen atoms in total. The van der Waals surface area contributed by atoms with Crippen LogP contribution in [0.3, 0.4) is 0 Å². The summed E-state index contributed by atoms with van der Waals surface area (Å²) in [7, 11) is 0. The summed E-state index contributed by atoms with van der Waals surface area (Å²) in [5.74, 6) is 1.86. The van der Waals surface area contributed by atoms with Gasteiger partial charge in [0.05, 0.1) is 0 Å². The maximum atomic E-state index is 4.34. The Balaban J connectivity index is 1.87. The summed E-state index contributed by atoms with van der Waals surface area (Å²) in [4.78, 5) is 0. The van der Waals surface area contributed by atoms with Gasteiger partial charge in [0.25, 0.3) is 0 Å². The molecule has 3 heterocycles. The minimum Gasteiger partial charge on any atom is -0.317 e. The topological polar surface area (TPSA) is 42.2 Å². The molecule has 0 aliphatic carbocycles. The molecule has 0 radical (unpaired) electrons. The van der Waals surface area contributed by atoms with Gasteiger partial charge >= 0.3 is 0 Å². The molecule has 0 bridgehead atoms. The molecule has 1 aliphatic heterocycles. The fraction of sp³-hybridized carbons (Fsp3) is 0.538. The van der Waals surface area contributed by atoms with E-state index >= 15 is 0 Å². The average molecular weight is 230 g/mol. The first-order chi connectivity index (χ1) is 8.34. The van der Waals surface area contributed by atoms with Gasteiger partial charge in [-0.3, -0.25) is 4.40 Å². The number of fused-ring (bicyclic) bond motifs is 1. The Kier molecular flexibility index (Phi) is 2.81. The van der Waals surface area contributed by atoms with Crippen LogP contribution in [0.25, 0.3) is 5.65 Å². The highest BCUT2D eigenvalue weighted by atomic mass is 15.2. The first-order valence-electron chi connectivity index (χ1n) is 6.34. The first kappa shape index (κ1) is 10.7. The molecule has 2 aromatic heterocycles. The van der Waals surface area contributed by atoms with Crippen LogP contribution >= 0.6 is 0 Å². The van der Waals surface area contributed by atoms with Crippen LogP contribution in [-0.2, 0) is 6.42 Å². The highest BCUT2D eigenvalue weighted by molar-refractivity contribution is 5.46. The lowest BCUT2D eigenvalue weighted by Crippen LogP contribution is -2.29. The third kappa shape index (κ3) is 2.05. The summed E-state index contributed by atoms with van der Waals surface area (Å²) in [6.07, 6.45) is 5.62. The molecule has 17 heavy (non-hydrogen) atoms. The van der Waals surface area contributed by atoms with E-state index < -0.39 is 0 Å². The van der Waals surface area contributed by atoms with Crippen LogP contribution in [-0.4, -0.2) is 27.7 Å². The van der Waals surface area contributed by atoms with Gasteiger partial charge in [0.1, 0.15) is 5.82 Å². The number of hydrogen-bond acceptors (Lipinski definition) is 3. The van der Waals surface area contributed by atoms with Crippen LogP contribution in [0.1, 0.15) is 24.2 Å². The van der Waals surface area contributed by atoms with Crippen LogP contribution < -0.4 is 5.32 Å². The van der Waals surface area contributed by atoms with Crippen molar-refractivity contribution < 1.29 is 0 Å². The van der Waals surface area contributed by atoms with Gasteiger partial charge in [0.15, 0.2) is 5.65 Å². The van der Waals surface area contributed by atoms with E-state index in [4.69, 9.17) is 0 Å². The molecule has 0 unspecified atom stereocenters. The zero-order chi connectivity index (χ0) is 11.7. The molecule has 4 heteroatoms. The third-order valence-corrected chi connectivity index (χ3v) is 3.63. The maximum Gasteiger partial charge on any atom is 0.163 e. The Bertz CT molecular complexity index is 511. The molecule has 0 saturated carbocycles. The molecule has 90 valence electrons. The second kappa shape index (κ2) is 4.45. The predicted octanol–water partition coefficient (Wildman–Crippen LogP) is 1.58. The number of piperidine rings is 1. The fourth-order valence-corrected chi connectivity index (χ4v) is 2.58. The van der Waals surface area contributed by atoms with Crippen LogP contribution in [0.4, 0.5) is 0 Å². The molecule has 1 saturated heterocycles. The van der Waals surface area contributed by atoms with Gasteiger partial charge in [-0.25, -0.2) is 0 Å². The van der Waals surface area contributed by atoms with Crippen molar-refractivity contribution in [2.45, 2.75) is 26.2 Å². The molecule has 1 aliphatic rings. The maximum absolute atomic E-state index is 4.34. The van der Waals surface area contributed by atoms with Gasteiger partial charge in [0.2, 0.25) is 0 Å². The zero-order valence-corrected chi connectivity index (χ0v) is 10.2. The second-order valence-electron chi connectivity index (χ2n) is 4.90. The Morgan fingerprint density at radius 1 is 1.35 bits per heavy atom. The van der Waals surface area contributed by atoms with E-state index in [1.807, 2.05) is 0 Å². The van der Waals surface area contributed by atoms with E-state index in [1.165, 1.54) is 18.4 Å². The van der Waals surface area contributed by atoms with Crippen molar-refractivity contribution >= 4 is 5.65 Å². The summed E-state index contributed by atoms with van der Waals surface area (Å²) in [5, 5.41) is 12.0. The van der Waals surface area contributed by atoms with Crippen LogP contribution in [0, 0.1) is 12.8 Å². The number of aromatic nitrogens is 3. The molecule has 3 rings (SSSR count). The number of pyridine rings is 1. The summed E-state index contributed by atoms with van der Waals surface area (Å²) in [5.41, 5.74) is 2.19. The van der Waals surface area contributed by atoms with Crippen LogP contribution in [0.2, 0.25) is 0 Å². The van der Waals surface area contributed by atoms with Crippen molar-refractivity contribution in [3.8, 4) is 0 Å². The standard InChI is InChI=1S/C13H18N4/c1-10-3-2-8-17-12(15-16-13(10)17)9-11-4-6-14-7-5-11/h2-3,8,11,14H,4-7,9H2,1H3. The Morgan fingerprint density at radius 3 is 3.00 bits per heavy atom. The van der Waals surface area contributed by atoms with Crippen molar-refractivity contribution in [3.05, 3.63) is 29.7 Å². The van der Waals surface area contributed by atoms with Crippen LogP contribution in [0.5, 0.6) is 0 Å². The van der Waals surface area contributed by atoms with E-state index in [-0.39, 0.29) is 0 Å². The van der Waals surface area contributed by atoms with Crippen molar-refractivity contribution in [1.29, 1.82) is 0 Å². The Hall–Kier alpha value is -1.42. The van der Waals surface area contributed by atoms with E-state index in [0.29, 0.717) is 0 Å². The largest absolute Gasteiger partial charge is 0.317 e. The molecule has 0 aromatic carbocycles. The van der Waals surface area contributed by atoms with E-state index in [0.717, 1.165) is 36.9 Å². The lowest BCUT2D eigenvalue weighted by molar-refractivity contribution is 0.366. The van der Waals surface area contributed by atoms with E-state index in [1.54, 1.807) is 0 Å². The van der Waals surface area contributed by atoms with E-state index in [2.05, 4.69) is 45.2 Å². The average Bonchev–Trinajstić information content (AvgIpc) is 2.76. The van der Waals surface area contributed by atoms with Gasteiger partial charge < -0.3 is 5.32 Å². The third-order valence-electron chi connectivity index (χ3n) is 3.63. The summed E-state index contributed by atoms with van der Waals surface area (Å²) in [6, 6.07) is 4.15. The quantitative estimate of drug-likeness (QED) is 0.851. The lowest BCUT2D eigenvalue weighted by atomic mass is 9.94. The van der Waals surface area contributed by atoms with Gasteiger partial charge in [0, 0.05) is 12.6 Å². The number of hydrogen-bond donors (Lipinski definition) is 1. The highest BCUT2D eigenvalue weighted by Gasteiger charge is 2.16. The smallest absolute Gasteiger partial charge is 0.163 e. The lowest BCUT2D eigenvalue weighted by Gasteiger charge is -2.21. The van der Waals surface area contributed by atoms with Gasteiger partial charge in [-0.2, -0.15) is 0 Å². The number of nitrogens with one attached hydrogen (secondary N) is 1. The van der Waals surface area contributed by atoms with Crippen LogP contribution in [0.15, 0.2) is 18.3 Å². The predicted molar refractivity (Wildman–Crippen MR) is 67.0 cm³/mol. The second-order valence-corrected chi connectivity index (χ2v) is 4.90. The minimum atomic E-state index is 0.754. The number of nitrogens with zero attached hydrogens (tertiary/aromatic N) is 3. The number of rotatable bonds is 2. The summed E-state index contributed by atoms with van der Waals surface area (Å²) < 4.78 is 2.14.